The van der Waals surface area contributed by atoms with Gasteiger partial charge in [-0.05, 0) is 116 Å². The molecule has 1 aliphatic carbocycles. The molecular formula is C61H40S. The van der Waals surface area contributed by atoms with Crippen LogP contribution in [0, 0.1) is 0 Å². The van der Waals surface area contributed by atoms with Crippen molar-refractivity contribution in [3.8, 4) is 55.6 Å². The fraction of sp³-hybridized carbons (Fsp3) is 0.0492. The van der Waals surface area contributed by atoms with Crippen LogP contribution in [0.25, 0.3) is 119 Å². The predicted octanol–water partition coefficient (Wildman–Crippen LogP) is 17.6. The molecule has 0 unspecified atom stereocenters. The summed E-state index contributed by atoms with van der Waals surface area (Å²) < 4.78 is 2.70. The summed E-state index contributed by atoms with van der Waals surface area (Å²) in [7, 11) is 0. The molecule has 0 atom stereocenters. The van der Waals surface area contributed by atoms with Gasteiger partial charge < -0.3 is 0 Å². The molecule has 1 aliphatic rings. The Bertz CT molecular complexity index is 3750. The van der Waals surface area contributed by atoms with E-state index < -0.39 is 0 Å². The van der Waals surface area contributed by atoms with Crippen LogP contribution in [0.2, 0.25) is 0 Å². The molecule has 0 bridgehead atoms. The number of hydrogen-bond donors (Lipinski definition) is 0. The average Bonchev–Trinajstić information content (AvgIpc) is 3.81. The number of rotatable bonds is 4. The van der Waals surface area contributed by atoms with E-state index >= 15 is 0 Å². The molecule has 0 radical (unpaired) electrons. The van der Waals surface area contributed by atoms with Crippen LogP contribution in [0.15, 0.2) is 206 Å². The Morgan fingerprint density at radius 3 is 1.52 bits per heavy atom. The minimum absolute atomic E-state index is 0.0559. The van der Waals surface area contributed by atoms with E-state index in [0.717, 1.165) is 0 Å². The first-order valence-corrected chi connectivity index (χ1v) is 22.5. The molecular weight excluding hydrogens is 765 g/mol. The highest BCUT2D eigenvalue weighted by Gasteiger charge is 2.37. The lowest BCUT2D eigenvalue weighted by molar-refractivity contribution is 0.661. The van der Waals surface area contributed by atoms with E-state index in [1.807, 2.05) is 11.3 Å². The molecule has 1 heterocycles. The zero-order valence-corrected chi connectivity index (χ0v) is 35.4. The largest absolute Gasteiger partial charge is 0.134 e. The van der Waals surface area contributed by atoms with E-state index in [0.29, 0.717) is 0 Å². The van der Waals surface area contributed by atoms with Crippen molar-refractivity contribution in [1.82, 2.24) is 0 Å². The summed E-state index contributed by atoms with van der Waals surface area (Å²) in [6.07, 6.45) is 0. The summed E-state index contributed by atoms with van der Waals surface area (Å²) >= 11 is 1.95. The number of thiophene rings is 1. The quantitative estimate of drug-likeness (QED) is 0.155. The molecule has 0 nitrogen and oxygen atoms in total. The SMILES string of the molecule is CC1(C)c2ccccc2-c2c1ccc1sc3c(-c4ccc(-c5c6ccccc6c(-c6ccc(-c7ccccc7)cc6)c6ccccc56)c5ccccc45)c4ccccc4cc3c21. The highest BCUT2D eigenvalue weighted by molar-refractivity contribution is 7.26. The fourth-order valence-electron chi connectivity index (χ4n) is 11.1. The summed E-state index contributed by atoms with van der Waals surface area (Å²) in [5.74, 6) is 0. The van der Waals surface area contributed by atoms with Crippen LogP contribution in [0.4, 0.5) is 0 Å². The minimum Gasteiger partial charge on any atom is -0.134 e. The molecule has 62 heavy (non-hydrogen) atoms. The number of hydrogen-bond acceptors (Lipinski definition) is 1. The average molecular weight is 805 g/mol. The Hall–Kier alpha value is -7.32. The minimum atomic E-state index is -0.0559. The fourth-order valence-corrected chi connectivity index (χ4v) is 12.3. The maximum Gasteiger partial charge on any atom is 0.0440 e. The third-order valence-electron chi connectivity index (χ3n) is 13.9. The lowest BCUT2D eigenvalue weighted by atomic mass is 9.82. The van der Waals surface area contributed by atoms with Gasteiger partial charge in [0.25, 0.3) is 0 Å². The summed E-state index contributed by atoms with van der Waals surface area (Å²) in [6.45, 7) is 4.77. The van der Waals surface area contributed by atoms with E-state index in [-0.39, 0.29) is 5.41 Å². The van der Waals surface area contributed by atoms with Gasteiger partial charge in [-0.25, -0.2) is 0 Å². The number of benzene rings is 11. The Balaban J connectivity index is 1.07. The first-order valence-electron chi connectivity index (χ1n) is 21.7. The van der Waals surface area contributed by atoms with Crippen LogP contribution in [0.5, 0.6) is 0 Å². The second kappa shape index (κ2) is 13.3. The summed E-state index contributed by atoms with van der Waals surface area (Å²) in [5, 5.41) is 12.9. The predicted molar refractivity (Wildman–Crippen MR) is 269 cm³/mol. The van der Waals surface area contributed by atoms with Gasteiger partial charge in [0, 0.05) is 31.2 Å². The normalized spacial score (nSPS) is 13.1. The third kappa shape index (κ3) is 5.00. The maximum absolute atomic E-state index is 2.47. The van der Waals surface area contributed by atoms with Gasteiger partial charge in [-0.15, -0.1) is 11.3 Å². The monoisotopic (exact) mass is 804 g/mol. The third-order valence-corrected chi connectivity index (χ3v) is 15.1. The van der Waals surface area contributed by atoms with Gasteiger partial charge in [0.2, 0.25) is 0 Å². The summed E-state index contributed by atoms with van der Waals surface area (Å²) in [6, 6.07) is 77.1. The molecule has 11 aromatic carbocycles. The van der Waals surface area contributed by atoms with Crippen LogP contribution in [-0.2, 0) is 5.41 Å². The van der Waals surface area contributed by atoms with E-state index in [4.69, 9.17) is 0 Å². The lowest BCUT2D eigenvalue weighted by Gasteiger charge is -2.21. The Labute approximate surface area is 365 Å². The molecule has 13 rings (SSSR count). The van der Waals surface area contributed by atoms with Gasteiger partial charge >= 0.3 is 0 Å². The number of fused-ring (bicyclic) bond motifs is 11. The van der Waals surface area contributed by atoms with Gasteiger partial charge in [-0.2, -0.15) is 0 Å². The Morgan fingerprint density at radius 1 is 0.323 bits per heavy atom. The molecule has 0 aliphatic heterocycles. The summed E-state index contributed by atoms with van der Waals surface area (Å²) in [5.41, 5.74) is 15.7. The molecule has 0 N–H and O–H groups in total. The van der Waals surface area contributed by atoms with E-state index in [9.17, 15) is 0 Å². The van der Waals surface area contributed by atoms with Gasteiger partial charge in [-0.1, -0.05) is 208 Å². The van der Waals surface area contributed by atoms with Gasteiger partial charge in [0.1, 0.15) is 0 Å². The van der Waals surface area contributed by atoms with Crippen molar-refractivity contribution in [2.45, 2.75) is 19.3 Å². The lowest BCUT2D eigenvalue weighted by Crippen LogP contribution is -2.14. The van der Waals surface area contributed by atoms with Crippen LogP contribution in [0.3, 0.4) is 0 Å². The zero-order chi connectivity index (χ0) is 41.1. The summed E-state index contributed by atoms with van der Waals surface area (Å²) in [4.78, 5) is 0. The second-order valence-corrected chi connectivity index (χ2v) is 18.5. The van der Waals surface area contributed by atoms with E-state index in [2.05, 4.69) is 220 Å². The van der Waals surface area contributed by atoms with Crippen LogP contribution >= 0.6 is 11.3 Å². The molecule has 0 spiro atoms. The van der Waals surface area contributed by atoms with Crippen molar-refractivity contribution < 1.29 is 0 Å². The van der Waals surface area contributed by atoms with Crippen LogP contribution in [-0.4, -0.2) is 0 Å². The van der Waals surface area contributed by atoms with Crippen LogP contribution in [0.1, 0.15) is 25.0 Å². The van der Waals surface area contributed by atoms with Gasteiger partial charge in [0.05, 0.1) is 0 Å². The molecule has 1 heteroatoms. The molecule has 290 valence electrons. The first-order chi connectivity index (χ1) is 30.5. The first kappa shape index (κ1) is 35.4. The van der Waals surface area contributed by atoms with E-state index in [1.165, 1.54) is 130 Å². The highest BCUT2D eigenvalue weighted by Crippen LogP contribution is 2.56. The van der Waals surface area contributed by atoms with Crippen LogP contribution < -0.4 is 0 Å². The molecule has 0 amide bonds. The zero-order valence-electron chi connectivity index (χ0n) is 34.5. The highest BCUT2D eigenvalue weighted by atomic mass is 32.1. The van der Waals surface area contributed by atoms with Crippen molar-refractivity contribution >= 4 is 74.6 Å². The Kier molecular flexibility index (Phi) is 7.62. The van der Waals surface area contributed by atoms with Gasteiger partial charge in [0.15, 0.2) is 0 Å². The molecule has 12 aromatic rings. The van der Waals surface area contributed by atoms with Crippen molar-refractivity contribution in [1.29, 1.82) is 0 Å². The van der Waals surface area contributed by atoms with Crippen molar-refractivity contribution in [3.63, 3.8) is 0 Å². The van der Waals surface area contributed by atoms with Gasteiger partial charge in [-0.3, -0.25) is 0 Å². The second-order valence-electron chi connectivity index (χ2n) is 17.5. The van der Waals surface area contributed by atoms with Crippen molar-refractivity contribution in [2.75, 3.05) is 0 Å². The van der Waals surface area contributed by atoms with E-state index in [1.54, 1.807) is 0 Å². The topological polar surface area (TPSA) is 0 Å². The molecule has 0 saturated carbocycles. The molecule has 0 fully saturated rings. The maximum atomic E-state index is 2.47. The van der Waals surface area contributed by atoms with Crippen molar-refractivity contribution in [3.05, 3.63) is 217 Å². The molecule has 1 aromatic heterocycles. The Morgan fingerprint density at radius 2 is 0.839 bits per heavy atom. The standard InChI is InChI=1S/C61H40S/c1-61(2)52-27-15-14-26-50(52)58-53(61)34-35-54-59(58)51-36-40-18-6-7-19-41(40)57(60(51)62-54)49-33-32-48(42-20-8-9-21-43(42)49)56-46-24-12-10-22-44(46)55(45-23-11-13-25-47(45)56)39-30-28-38(29-31-39)37-16-4-3-5-17-37/h3-36H,1-2H3. The van der Waals surface area contributed by atoms with Crippen molar-refractivity contribution in [2.24, 2.45) is 0 Å². The smallest absolute Gasteiger partial charge is 0.0440 e. The molecule has 0 saturated heterocycles.